The topological polar surface area (TPSA) is 65.8 Å². The van der Waals surface area contributed by atoms with Crippen LogP contribution in [0.25, 0.3) is 11.1 Å². The van der Waals surface area contributed by atoms with Crippen LogP contribution in [0.3, 0.4) is 0 Å². The molecule has 2 heterocycles. The van der Waals surface area contributed by atoms with Crippen molar-refractivity contribution in [3.05, 3.63) is 46.6 Å². The maximum atomic E-state index is 13.1. The molecule has 1 saturated heterocycles. The highest BCUT2D eigenvalue weighted by molar-refractivity contribution is 5.69. The molecule has 3 rings (SSSR count). The van der Waals surface area contributed by atoms with Gasteiger partial charge in [0.2, 0.25) is 0 Å². The number of likely N-dealkylation sites (N-methyl/N-ethyl adjacent to an activating group) is 1. The molecule has 2 aromatic rings. The third-order valence-corrected chi connectivity index (χ3v) is 4.76. The summed E-state index contributed by atoms with van der Waals surface area (Å²) in [6, 6.07) is 2.98. The van der Waals surface area contributed by atoms with Crippen LogP contribution in [-0.4, -0.2) is 61.2 Å². The lowest BCUT2D eigenvalue weighted by atomic mass is 10.0. The van der Waals surface area contributed by atoms with Gasteiger partial charge in [-0.25, -0.2) is 4.98 Å². The molecule has 1 fully saturated rings. The molecule has 1 unspecified atom stereocenters. The summed E-state index contributed by atoms with van der Waals surface area (Å²) in [5, 5.41) is 0. The monoisotopic (exact) mass is 413 g/mol. The van der Waals surface area contributed by atoms with Gasteiger partial charge in [-0.3, -0.25) is 14.3 Å². The minimum atomic E-state index is -4.54. The molecule has 29 heavy (non-hydrogen) atoms. The molecule has 7 nitrogen and oxygen atoms in total. The molecule has 1 aromatic carbocycles. The van der Waals surface area contributed by atoms with Crippen molar-refractivity contribution in [2.24, 2.45) is 0 Å². The van der Waals surface area contributed by atoms with Gasteiger partial charge in [-0.1, -0.05) is 0 Å². The first-order chi connectivity index (χ1) is 13.8. The Morgan fingerprint density at radius 2 is 2.10 bits per heavy atom. The van der Waals surface area contributed by atoms with Crippen LogP contribution in [0.4, 0.5) is 13.2 Å². The van der Waals surface area contributed by atoms with Crippen LogP contribution < -0.4 is 10.3 Å². The van der Waals surface area contributed by atoms with Crippen molar-refractivity contribution in [1.82, 2.24) is 14.5 Å². The average Bonchev–Trinajstić information content (AvgIpc) is 2.69. The number of nitrogens with zero attached hydrogens (tertiary/aromatic N) is 3. The second kappa shape index (κ2) is 8.93. The summed E-state index contributed by atoms with van der Waals surface area (Å²) in [7, 11) is 3.30. The van der Waals surface area contributed by atoms with Gasteiger partial charge in [0.15, 0.2) is 6.79 Å². The third-order valence-electron chi connectivity index (χ3n) is 4.76. The quantitative estimate of drug-likeness (QED) is 0.677. The number of halogens is 3. The van der Waals surface area contributed by atoms with E-state index in [1.807, 2.05) is 7.05 Å². The van der Waals surface area contributed by atoms with Gasteiger partial charge in [0.05, 0.1) is 36.7 Å². The van der Waals surface area contributed by atoms with E-state index in [1.54, 1.807) is 0 Å². The molecule has 158 valence electrons. The number of aromatic nitrogens is 2. The van der Waals surface area contributed by atoms with E-state index in [4.69, 9.17) is 14.2 Å². The van der Waals surface area contributed by atoms with Crippen molar-refractivity contribution >= 4 is 0 Å². The first-order valence-corrected chi connectivity index (χ1v) is 8.97. The van der Waals surface area contributed by atoms with E-state index in [0.717, 1.165) is 18.7 Å². The number of hydrogen-bond acceptors (Lipinski definition) is 6. The van der Waals surface area contributed by atoms with Crippen LogP contribution in [0.15, 0.2) is 35.5 Å². The fourth-order valence-corrected chi connectivity index (χ4v) is 3.09. The smallest absolute Gasteiger partial charge is 0.416 e. The molecule has 10 heteroatoms. The predicted octanol–water partition coefficient (Wildman–Crippen LogP) is 2.24. The summed E-state index contributed by atoms with van der Waals surface area (Å²) in [5.74, 6) is -0.101. The van der Waals surface area contributed by atoms with Gasteiger partial charge >= 0.3 is 6.18 Å². The molecule has 1 atom stereocenters. The molecule has 0 saturated carbocycles. The van der Waals surface area contributed by atoms with E-state index in [-0.39, 0.29) is 35.3 Å². The molecular weight excluding hydrogens is 391 g/mol. The average molecular weight is 413 g/mol. The predicted molar refractivity (Wildman–Crippen MR) is 98.7 cm³/mol. The fraction of sp³-hybridized carbons (Fsp3) is 0.474. The normalized spacial score (nSPS) is 18.0. The minimum absolute atomic E-state index is 0.00434. The van der Waals surface area contributed by atoms with Gasteiger partial charge in [0, 0.05) is 32.0 Å². The van der Waals surface area contributed by atoms with Crippen molar-refractivity contribution in [2.75, 3.05) is 40.7 Å². The van der Waals surface area contributed by atoms with E-state index in [1.165, 1.54) is 30.3 Å². The Bertz CT molecular complexity index is 901. The van der Waals surface area contributed by atoms with E-state index in [2.05, 4.69) is 9.88 Å². The summed E-state index contributed by atoms with van der Waals surface area (Å²) in [6.07, 6.45) is -1.80. The highest BCUT2D eigenvalue weighted by atomic mass is 19.4. The standard InChI is InChI=1S/C19H22F3N3O4/c1-24-5-6-28-10-14(24)9-25-11-23-8-16(18(25)26)15-4-3-13(19(20,21)22)7-17(15)29-12-27-2/h3-4,7-8,11,14H,5-6,9-10,12H2,1-2H3. The van der Waals surface area contributed by atoms with Gasteiger partial charge in [-0.15, -0.1) is 0 Å². The van der Waals surface area contributed by atoms with Crippen molar-refractivity contribution in [2.45, 2.75) is 18.8 Å². The lowest BCUT2D eigenvalue weighted by molar-refractivity contribution is -0.137. The van der Waals surface area contributed by atoms with Crippen molar-refractivity contribution in [1.29, 1.82) is 0 Å². The van der Waals surface area contributed by atoms with Gasteiger partial charge in [0.25, 0.3) is 5.56 Å². The van der Waals surface area contributed by atoms with Gasteiger partial charge in [0.1, 0.15) is 5.75 Å². The molecule has 0 spiro atoms. The fourth-order valence-electron chi connectivity index (χ4n) is 3.09. The number of morpholine rings is 1. The second-order valence-corrected chi connectivity index (χ2v) is 6.73. The molecule has 1 aromatic heterocycles. The summed E-state index contributed by atoms with van der Waals surface area (Å²) in [6.45, 7) is 1.96. The molecule has 0 N–H and O–H groups in total. The zero-order valence-corrected chi connectivity index (χ0v) is 16.1. The first-order valence-electron chi connectivity index (χ1n) is 8.97. The number of benzene rings is 1. The highest BCUT2D eigenvalue weighted by Gasteiger charge is 2.32. The number of hydrogen-bond donors (Lipinski definition) is 0. The number of methoxy groups -OCH3 is 1. The van der Waals surface area contributed by atoms with Crippen molar-refractivity contribution < 1.29 is 27.4 Å². The molecule has 0 aliphatic carbocycles. The van der Waals surface area contributed by atoms with Crippen LogP contribution >= 0.6 is 0 Å². The van der Waals surface area contributed by atoms with Gasteiger partial charge in [-0.05, 0) is 25.2 Å². The molecule has 0 bridgehead atoms. The third kappa shape index (κ3) is 4.95. The highest BCUT2D eigenvalue weighted by Crippen LogP contribution is 2.36. The van der Waals surface area contributed by atoms with E-state index in [9.17, 15) is 18.0 Å². The van der Waals surface area contributed by atoms with Crippen LogP contribution in [0.2, 0.25) is 0 Å². The van der Waals surface area contributed by atoms with Crippen LogP contribution in [0, 0.1) is 0 Å². The Balaban J connectivity index is 1.98. The molecule has 1 aliphatic rings. The number of rotatable bonds is 6. The minimum Gasteiger partial charge on any atom is -0.467 e. The zero-order chi connectivity index (χ0) is 21.0. The Kier molecular flexibility index (Phi) is 6.56. The molecule has 0 amide bonds. The Hall–Kier alpha value is -2.43. The lowest BCUT2D eigenvalue weighted by Crippen LogP contribution is -2.46. The number of ether oxygens (including phenoxy) is 3. The summed E-state index contributed by atoms with van der Waals surface area (Å²) in [5.41, 5.74) is -0.889. The Labute approximate surface area is 165 Å². The van der Waals surface area contributed by atoms with E-state index < -0.39 is 11.7 Å². The molecule has 0 radical (unpaired) electrons. The van der Waals surface area contributed by atoms with E-state index >= 15 is 0 Å². The maximum Gasteiger partial charge on any atom is 0.416 e. The number of alkyl halides is 3. The summed E-state index contributed by atoms with van der Waals surface area (Å²) in [4.78, 5) is 19.2. The van der Waals surface area contributed by atoms with E-state index in [0.29, 0.717) is 19.8 Å². The first kappa shape index (κ1) is 21.3. The Morgan fingerprint density at radius 1 is 1.31 bits per heavy atom. The van der Waals surface area contributed by atoms with Crippen molar-refractivity contribution in [3.8, 4) is 16.9 Å². The summed E-state index contributed by atoms with van der Waals surface area (Å²) < 4.78 is 56.3. The van der Waals surface area contributed by atoms with Crippen LogP contribution in [-0.2, 0) is 22.2 Å². The maximum absolute atomic E-state index is 13.1. The van der Waals surface area contributed by atoms with Gasteiger partial charge < -0.3 is 14.2 Å². The second-order valence-electron chi connectivity index (χ2n) is 6.73. The Morgan fingerprint density at radius 3 is 2.79 bits per heavy atom. The lowest BCUT2D eigenvalue weighted by Gasteiger charge is -2.32. The summed E-state index contributed by atoms with van der Waals surface area (Å²) >= 11 is 0. The zero-order valence-electron chi connectivity index (χ0n) is 16.1. The largest absolute Gasteiger partial charge is 0.467 e. The molecular formula is C19H22F3N3O4. The SMILES string of the molecule is COCOc1cc(C(F)(F)F)ccc1-c1cncn(CC2COCCN2C)c1=O. The van der Waals surface area contributed by atoms with Crippen LogP contribution in [0.1, 0.15) is 5.56 Å². The molecule has 1 aliphatic heterocycles. The van der Waals surface area contributed by atoms with Crippen LogP contribution in [0.5, 0.6) is 5.75 Å². The van der Waals surface area contributed by atoms with Crippen molar-refractivity contribution in [3.63, 3.8) is 0 Å². The van der Waals surface area contributed by atoms with Gasteiger partial charge in [-0.2, -0.15) is 13.2 Å².